The molecule has 3 rings (SSSR count). The molecular weight excluding hydrogens is 390 g/mol. The number of hydrogen-bond donors (Lipinski definition) is 2. The molecule has 0 spiro atoms. The van der Waals surface area contributed by atoms with Gasteiger partial charge in [-0.1, -0.05) is 42.5 Å². The number of imide groups is 2. The van der Waals surface area contributed by atoms with Crippen molar-refractivity contribution in [3.63, 3.8) is 0 Å². The highest BCUT2D eigenvalue weighted by Crippen LogP contribution is 2.35. The Bertz CT molecular complexity index is 856. The summed E-state index contributed by atoms with van der Waals surface area (Å²) in [5, 5.41) is 4.34. The summed E-state index contributed by atoms with van der Waals surface area (Å²) in [6.45, 7) is -0.109. The largest absolute Gasteiger partial charge is 0.447 e. The molecule has 9 nitrogen and oxygen atoms in total. The van der Waals surface area contributed by atoms with Gasteiger partial charge in [-0.25, -0.2) is 4.79 Å². The fraction of sp³-hybridized carbons (Fsp3) is 0.381. The number of carbonyl (C=O) groups excluding carboxylic acids is 5. The van der Waals surface area contributed by atoms with Crippen LogP contribution in [0.1, 0.15) is 30.9 Å². The Morgan fingerprint density at radius 2 is 1.67 bits per heavy atom. The van der Waals surface area contributed by atoms with Crippen LogP contribution in [0.2, 0.25) is 0 Å². The van der Waals surface area contributed by atoms with Gasteiger partial charge in [-0.15, -0.1) is 0 Å². The van der Waals surface area contributed by atoms with E-state index >= 15 is 0 Å². The maximum Gasteiger partial charge on any atom is 0.321 e. The summed E-state index contributed by atoms with van der Waals surface area (Å²) in [5.74, 6) is -2.86. The Kier molecular flexibility index (Phi) is 6.61. The molecule has 0 bridgehead atoms. The van der Waals surface area contributed by atoms with Gasteiger partial charge in [-0.05, 0) is 12.8 Å². The van der Waals surface area contributed by atoms with Gasteiger partial charge in [0.05, 0.1) is 18.3 Å². The summed E-state index contributed by atoms with van der Waals surface area (Å²) < 4.78 is 5.30. The van der Waals surface area contributed by atoms with Gasteiger partial charge < -0.3 is 10.1 Å². The van der Waals surface area contributed by atoms with Gasteiger partial charge in [-0.3, -0.25) is 29.4 Å². The quantitative estimate of drug-likeness (QED) is 0.409. The Hall–Kier alpha value is -3.49. The van der Waals surface area contributed by atoms with Crippen molar-refractivity contribution in [2.45, 2.75) is 25.4 Å². The lowest BCUT2D eigenvalue weighted by atomic mass is 9.85. The Labute approximate surface area is 173 Å². The molecule has 1 aliphatic heterocycles. The molecule has 1 aromatic carbocycles. The summed E-state index contributed by atoms with van der Waals surface area (Å²) >= 11 is 0. The fourth-order valence-electron chi connectivity index (χ4n) is 3.62. The summed E-state index contributed by atoms with van der Waals surface area (Å²) in [7, 11) is 1.35. The van der Waals surface area contributed by atoms with E-state index < -0.39 is 24.0 Å². The molecule has 1 aromatic rings. The molecule has 0 saturated carbocycles. The number of rotatable bonds is 6. The van der Waals surface area contributed by atoms with Crippen LogP contribution in [0.25, 0.3) is 0 Å². The average molecular weight is 413 g/mol. The van der Waals surface area contributed by atoms with Crippen molar-refractivity contribution in [3.8, 4) is 0 Å². The lowest BCUT2D eigenvalue weighted by Crippen LogP contribution is -2.41. The van der Waals surface area contributed by atoms with Crippen molar-refractivity contribution in [3.05, 3.63) is 48.0 Å². The highest BCUT2D eigenvalue weighted by Gasteiger charge is 2.47. The van der Waals surface area contributed by atoms with E-state index in [0.29, 0.717) is 18.4 Å². The van der Waals surface area contributed by atoms with Crippen molar-refractivity contribution in [1.29, 1.82) is 0 Å². The first-order valence-electron chi connectivity index (χ1n) is 9.69. The highest BCUT2D eigenvalue weighted by molar-refractivity contribution is 6.05. The van der Waals surface area contributed by atoms with E-state index in [2.05, 4.69) is 10.6 Å². The van der Waals surface area contributed by atoms with Crippen molar-refractivity contribution in [1.82, 2.24) is 15.5 Å². The number of urea groups is 1. The Morgan fingerprint density at radius 3 is 2.23 bits per heavy atom. The monoisotopic (exact) mass is 413 g/mol. The molecule has 0 radical (unpaired) electrons. The molecule has 1 fully saturated rings. The molecule has 30 heavy (non-hydrogen) atoms. The molecule has 2 aliphatic rings. The normalized spacial score (nSPS) is 21.0. The third-order valence-corrected chi connectivity index (χ3v) is 5.19. The second-order valence-corrected chi connectivity index (χ2v) is 7.08. The summed E-state index contributed by atoms with van der Waals surface area (Å²) in [6.07, 6.45) is 3.23. The minimum absolute atomic E-state index is 0.109. The topological polar surface area (TPSA) is 122 Å². The van der Waals surface area contributed by atoms with E-state index in [9.17, 15) is 24.0 Å². The molecule has 1 heterocycles. The van der Waals surface area contributed by atoms with Crippen LogP contribution in [0.4, 0.5) is 4.79 Å². The van der Waals surface area contributed by atoms with Gasteiger partial charge >= 0.3 is 12.0 Å². The molecule has 2 N–H and O–H groups in total. The van der Waals surface area contributed by atoms with Gasteiger partial charge in [0.15, 0.2) is 0 Å². The van der Waals surface area contributed by atoms with Crippen LogP contribution in [-0.4, -0.2) is 48.2 Å². The van der Waals surface area contributed by atoms with Crippen LogP contribution in [0.5, 0.6) is 0 Å². The first kappa shape index (κ1) is 21.2. The average Bonchev–Trinajstić information content (AvgIpc) is 3.01. The van der Waals surface area contributed by atoms with Gasteiger partial charge in [0.1, 0.15) is 0 Å². The minimum Gasteiger partial charge on any atom is -0.447 e. The number of allylic oxidation sites excluding steroid dienone is 2. The molecule has 1 saturated heterocycles. The number of amides is 5. The second-order valence-electron chi connectivity index (χ2n) is 7.08. The van der Waals surface area contributed by atoms with E-state index in [1.54, 1.807) is 30.3 Å². The van der Waals surface area contributed by atoms with Crippen molar-refractivity contribution in [2.75, 3.05) is 13.6 Å². The zero-order valence-electron chi connectivity index (χ0n) is 16.5. The van der Waals surface area contributed by atoms with E-state index in [0.717, 1.165) is 4.90 Å². The molecular formula is C21H23N3O6. The second kappa shape index (κ2) is 9.34. The van der Waals surface area contributed by atoms with E-state index in [1.165, 1.54) is 7.05 Å². The van der Waals surface area contributed by atoms with Crippen molar-refractivity contribution >= 4 is 29.7 Å². The lowest BCUT2D eigenvalue weighted by Gasteiger charge is -2.19. The van der Waals surface area contributed by atoms with Gasteiger partial charge in [0.2, 0.25) is 17.9 Å². The van der Waals surface area contributed by atoms with Crippen LogP contribution in [0, 0.1) is 11.8 Å². The number of likely N-dealkylation sites (tertiary alicyclic amines) is 1. The SMILES string of the molecule is CNC(=O)NC(=O)[C@H](OC(=O)CCN1C(=O)[C@@H]2CC=CC[C@H]2C1=O)c1ccccc1. The van der Waals surface area contributed by atoms with Crippen LogP contribution >= 0.6 is 0 Å². The number of benzene rings is 1. The number of fused-ring (bicyclic) bond motifs is 1. The lowest BCUT2D eigenvalue weighted by molar-refractivity contribution is -0.157. The fourth-order valence-corrected chi connectivity index (χ4v) is 3.62. The zero-order chi connectivity index (χ0) is 21.7. The molecule has 0 unspecified atom stereocenters. The standard InChI is InChI=1S/C21H23N3O6/c1-22-21(29)23-18(26)17(13-7-3-2-4-8-13)30-16(25)11-12-24-19(27)14-9-5-6-10-15(14)20(24)28/h2-8,14-15,17H,9-12H2,1H3,(H2,22,23,26,29)/t14-,15-,17-/m1/s1. The number of hydrogen-bond acceptors (Lipinski definition) is 6. The van der Waals surface area contributed by atoms with Gasteiger partial charge in [0.25, 0.3) is 5.91 Å². The van der Waals surface area contributed by atoms with Crippen LogP contribution < -0.4 is 10.6 Å². The summed E-state index contributed by atoms with van der Waals surface area (Å²) in [4.78, 5) is 62.3. The highest BCUT2D eigenvalue weighted by atomic mass is 16.5. The van der Waals surface area contributed by atoms with Gasteiger partial charge in [0, 0.05) is 19.2 Å². The van der Waals surface area contributed by atoms with E-state index in [4.69, 9.17) is 4.74 Å². The molecule has 9 heteroatoms. The first-order valence-corrected chi connectivity index (χ1v) is 9.69. The van der Waals surface area contributed by atoms with Crippen molar-refractivity contribution < 1.29 is 28.7 Å². The maximum absolute atomic E-state index is 12.5. The Balaban J connectivity index is 1.63. The summed E-state index contributed by atoms with van der Waals surface area (Å²) in [6, 6.07) is 7.51. The Morgan fingerprint density at radius 1 is 1.07 bits per heavy atom. The molecule has 158 valence electrons. The zero-order valence-corrected chi connectivity index (χ0v) is 16.5. The molecule has 1 aliphatic carbocycles. The number of esters is 1. The third kappa shape index (κ3) is 4.56. The van der Waals surface area contributed by atoms with Crippen LogP contribution in [0.3, 0.4) is 0 Å². The predicted molar refractivity (Wildman–Crippen MR) is 105 cm³/mol. The third-order valence-electron chi connectivity index (χ3n) is 5.19. The molecule has 0 aromatic heterocycles. The van der Waals surface area contributed by atoms with Crippen LogP contribution in [-0.2, 0) is 23.9 Å². The first-order chi connectivity index (χ1) is 14.4. The number of carbonyl (C=O) groups is 5. The predicted octanol–water partition coefficient (Wildman–Crippen LogP) is 1.07. The number of nitrogens with zero attached hydrogens (tertiary/aromatic N) is 1. The van der Waals surface area contributed by atoms with Crippen molar-refractivity contribution in [2.24, 2.45) is 11.8 Å². The maximum atomic E-state index is 12.5. The molecule has 5 amide bonds. The number of ether oxygens (including phenoxy) is 1. The minimum atomic E-state index is -1.34. The molecule has 3 atom stereocenters. The number of nitrogens with one attached hydrogen (secondary N) is 2. The van der Waals surface area contributed by atoms with E-state index in [1.807, 2.05) is 12.2 Å². The van der Waals surface area contributed by atoms with Gasteiger partial charge in [-0.2, -0.15) is 0 Å². The summed E-state index contributed by atoms with van der Waals surface area (Å²) in [5.41, 5.74) is 0.387. The smallest absolute Gasteiger partial charge is 0.321 e. The van der Waals surface area contributed by atoms with E-state index in [-0.39, 0.29) is 36.6 Å². The van der Waals surface area contributed by atoms with Crippen LogP contribution in [0.15, 0.2) is 42.5 Å².